The normalized spacial score (nSPS) is 20.6. The van der Waals surface area contributed by atoms with Crippen LogP contribution in [-0.4, -0.2) is 52.7 Å². The van der Waals surface area contributed by atoms with Crippen LogP contribution < -0.4 is 4.72 Å². The number of nitrogens with one attached hydrogen (secondary N) is 1. The van der Waals surface area contributed by atoms with Gasteiger partial charge in [0.1, 0.15) is 0 Å². The molecule has 0 amide bonds. The predicted octanol–water partition coefficient (Wildman–Crippen LogP) is 0.0176. The van der Waals surface area contributed by atoms with E-state index in [0.29, 0.717) is 6.54 Å². The van der Waals surface area contributed by atoms with Gasteiger partial charge in [0.05, 0.1) is 13.2 Å². The van der Waals surface area contributed by atoms with Crippen LogP contribution in [0.5, 0.6) is 0 Å². The highest BCUT2D eigenvalue weighted by Crippen LogP contribution is 2.03. The third kappa shape index (κ3) is 5.07. The van der Waals surface area contributed by atoms with Crippen molar-refractivity contribution in [1.29, 1.82) is 0 Å². The molecule has 0 aromatic rings. The van der Waals surface area contributed by atoms with Crippen molar-refractivity contribution in [2.45, 2.75) is 6.92 Å². The Morgan fingerprint density at radius 1 is 1.50 bits per heavy atom. The van der Waals surface area contributed by atoms with Gasteiger partial charge in [-0.15, -0.1) is 0 Å². The molecule has 0 bridgehead atoms. The maximum Gasteiger partial charge on any atom is 0.233 e. The van der Waals surface area contributed by atoms with Crippen LogP contribution in [-0.2, 0) is 14.8 Å². The molecule has 0 radical (unpaired) electrons. The van der Waals surface area contributed by atoms with E-state index in [1.165, 1.54) is 0 Å². The lowest BCUT2D eigenvalue weighted by atomic mass is 10.1. The summed E-state index contributed by atoms with van der Waals surface area (Å²) in [5.41, 5.74) is 0. The molecule has 0 saturated carbocycles. The number of hydrogen-bond acceptors (Lipinski definition) is 4. The average molecular weight is 248 g/mol. The van der Waals surface area contributed by atoms with E-state index in [-0.39, 0.29) is 5.92 Å². The summed E-state index contributed by atoms with van der Waals surface area (Å²) < 4.78 is 30.0. The highest BCUT2D eigenvalue weighted by Gasteiger charge is 2.14. The fourth-order valence-electron chi connectivity index (χ4n) is 1.61. The standard InChI is InChI=1S/C10H20N2O3S/c1-3-16(13,14)11-8-10(2)9-12-4-6-15-7-5-12/h3,10-11H,1,4-9H2,2H3. The SMILES string of the molecule is C=CS(=O)(=O)NCC(C)CN1CCOCC1. The molecule has 1 fully saturated rings. The van der Waals surface area contributed by atoms with Gasteiger partial charge in [-0.3, -0.25) is 4.90 Å². The van der Waals surface area contributed by atoms with Gasteiger partial charge in [0.25, 0.3) is 0 Å². The molecule has 1 atom stereocenters. The number of rotatable bonds is 6. The van der Waals surface area contributed by atoms with Gasteiger partial charge in [-0.2, -0.15) is 0 Å². The third-order valence-corrected chi connectivity index (χ3v) is 3.53. The molecule has 6 heteroatoms. The maximum atomic E-state index is 11.1. The minimum absolute atomic E-state index is 0.285. The number of hydrogen-bond donors (Lipinski definition) is 1. The largest absolute Gasteiger partial charge is 0.379 e. The van der Waals surface area contributed by atoms with E-state index < -0.39 is 10.0 Å². The van der Waals surface area contributed by atoms with Crippen molar-refractivity contribution >= 4 is 10.0 Å². The van der Waals surface area contributed by atoms with Gasteiger partial charge in [0, 0.05) is 31.6 Å². The molecule has 0 aliphatic carbocycles. The number of sulfonamides is 1. The van der Waals surface area contributed by atoms with Crippen molar-refractivity contribution < 1.29 is 13.2 Å². The number of morpholine rings is 1. The van der Waals surface area contributed by atoms with Gasteiger partial charge in [0.15, 0.2) is 0 Å². The molecule has 1 saturated heterocycles. The molecule has 0 aromatic heterocycles. The summed E-state index contributed by atoms with van der Waals surface area (Å²) in [5.74, 6) is 0.285. The number of ether oxygens (including phenoxy) is 1. The lowest BCUT2D eigenvalue weighted by Crippen LogP contribution is -2.41. The minimum Gasteiger partial charge on any atom is -0.379 e. The van der Waals surface area contributed by atoms with Crippen molar-refractivity contribution in [3.8, 4) is 0 Å². The van der Waals surface area contributed by atoms with Gasteiger partial charge in [-0.25, -0.2) is 13.1 Å². The Hall–Kier alpha value is -0.430. The molecular weight excluding hydrogens is 228 g/mol. The summed E-state index contributed by atoms with van der Waals surface area (Å²) in [4.78, 5) is 2.29. The van der Waals surface area contributed by atoms with Crippen LogP contribution in [0.4, 0.5) is 0 Å². The molecule has 1 heterocycles. The second-order valence-electron chi connectivity index (χ2n) is 4.08. The van der Waals surface area contributed by atoms with E-state index in [2.05, 4.69) is 16.2 Å². The molecular formula is C10H20N2O3S. The Bertz CT molecular complexity index is 310. The second kappa shape index (κ2) is 6.34. The molecule has 0 spiro atoms. The lowest BCUT2D eigenvalue weighted by molar-refractivity contribution is 0.0321. The predicted molar refractivity (Wildman–Crippen MR) is 63.5 cm³/mol. The van der Waals surface area contributed by atoms with E-state index in [1.807, 2.05) is 6.92 Å². The van der Waals surface area contributed by atoms with Gasteiger partial charge in [-0.1, -0.05) is 13.5 Å². The summed E-state index contributed by atoms with van der Waals surface area (Å²) in [6, 6.07) is 0. The Morgan fingerprint density at radius 2 is 2.12 bits per heavy atom. The van der Waals surface area contributed by atoms with Crippen LogP contribution in [0.1, 0.15) is 6.92 Å². The fraction of sp³-hybridized carbons (Fsp3) is 0.800. The minimum atomic E-state index is -3.28. The first-order chi connectivity index (χ1) is 7.53. The number of nitrogens with zero attached hydrogens (tertiary/aromatic N) is 1. The summed E-state index contributed by atoms with van der Waals surface area (Å²) in [6.07, 6.45) is 0. The summed E-state index contributed by atoms with van der Waals surface area (Å²) in [5, 5.41) is 0.939. The van der Waals surface area contributed by atoms with Crippen LogP contribution in [0.2, 0.25) is 0 Å². The van der Waals surface area contributed by atoms with Crippen LogP contribution in [0, 0.1) is 5.92 Å². The van der Waals surface area contributed by atoms with E-state index in [9.17, 15) is 8.42 Å². The van der Waals surface area contributed by atoms with Gasteiger partial charge < -0.3 is 4.74 Å². The topological polar surface area (TPSA) is 58.6 Å². The Morgan fingerprint density at radius 3 is 2.69 bits per heavy atom. The maximum absolute atomic E-state index is 11.1. The molecule has 5 nitrogen and oxygen atoms in total. The Kier molecular flexibility index (Phi) is 5.40. The van der Waals surface area contributed by atoms with E-state index in [0.717, 1.165) is 38.3 Å². The highest BCUT2D eigenvalue weighted by molar-refractivity contribution is 7.92. The molecule has 1 aliphatic heterocycles. The molecule has 1 N–H and O–H groups in total. The summed E-state index contributed by atoms with van der Waals surface area (Å²) in [7, 11) is -3.28. The molecule has 16 heavy (non-hydrogen) atoms. The van der Waals surface area contributed by atoms with Crippen LogP contribution in [0.15, 0.2) is 12.0 Å². The molecule has 1 aliphatic rings. The van der Waals surface area contributed by atoms with Crippen molar-refractivity contribution in [2.75, 3.05) is 39.4 Å². The van der Waals surface area contributed by atoms with Crippen LogP contribution >= 0.6 is 0 Å². The summed E-state index contributed by atoms with van der Waals surface area (Å²) in [6.45, 7) is 10.0. The third-order valence-electron chi connectivity index (χ3n) is 2.53. The van der Waals surface area contributed by atoms with Crippen molar-refractivity contribution in [2.24, 2.45) is 5.92 Å². The zero-order valence-corrected chi connectivity index (χ0v) is 10.5. The quantitative estimate of drug-likeness (QED) is 0.720. The average Bonchev–Trinajstić information content (AvgIpc) is 2.28. The van der Waals surface area contributed by atoms with Gasteiger partial charge >= 0.3 is 0 Å². The van der Waals surface area contributed by atoms with Gasteiger partial charge in [0.2, 0.25) is 10.0 Å². The van der Waals surface area contributed by atoms with Crippen LogP contribution in [0.25, 0.3) is 0 Å². The van der Waals surface area contributed by atoms with Crippen LogP contribution in [0.3, 0.4) is 0 Å². The first-order valence-corrected chi connectivity index (χ1v) is 7.00. The van der Waals surface area contributed by atoms with E-state index in [4.69, 9.17) is 4.74 Å². The monoisotopic (exact) mass is 248 g/mol. The van der Waals surface area contributed by atoms with Crippen molar-refractivity contribution in [1.82, 2.24) is 9.62 Å². The smallest absolute Gasteiger partial charge is 0.233 e. The summed E-state index contributed by atoms with van der Waals surface area (Å²) >= 11 is 0. The molecule has 94 valence electrons. The highest BCUT2D eigenvalue weighted by atomic mass is 32.2. The van der Waals surface area contributed by atoms with Gasteiger partial charge in [-0.05, 0) is 5.92 Å². The fourth-order valence-corrected chi connectivity index (χ4v) is 2.24. The van der Waals surface area contributed by atoms with Crippen molar-refractivity contribution in [3.63, 3.8) is 0 Å². The Labute approximate surface area is 97.5 Å². The zero-order valence-electron chi connectivity index (χ0n) is 9.68. The first kappa shape index (κ1) is 13.6. The molecule has 0 aromatic carbocycles. The van der Waals surface area contributed by atoms with Crippen molar-refractivity contribution in [3.05, 3.63) is 12.0 Å². The second-order valence-corrected chi connectivity index (χ2v) is 5.79. The lowest BCUT2D eigenvalue weighted by Gasteiger charge is -2.29. The first-order valence-electron chi connectivity index (χ1n) is 5.45. The molecule has 1 rings (SSSR count). The molecule has 1 unspecified atom stereocenters. The van der Waals surface area contributed by atoms with E-state index in [1.54, 1.807) is 0 Å². The van der Waals surface area contributed by atoms with E-state index >= 15 is 0 Å². The zero-order chi connectivity index (χ0) is 12.0. The Balaban J connectivity index is 2.24.